The summed E-state index contributed by atoms with van der Waals surface area (Å²) in [6, 6.07) is 10.6. The molecular weight excluding hydrogens is 307 g/mol. The Hall–Kier alpha value is -1.77. The van der Waals surface area contributed by atoms with E-state index < -0.39 is 0 Å². The van der Waals surface area contributed by atoms with Crippen molar-refractivity contribution in [2.75, 3.05) is 0 Å². The van der Waals surface area contributed by atoms with E-state index in [1.807, 2.05) is 32.0 Å². The first-order valence-corrected chi connectivity index (χ1v) is 7.22. The molecule has 0 fully saturated rings. The number of carbonyl (C=O) groups is 1. The maximum atomic E-state index is 12.6. The van der Waals surface area contributed by atoms with Crippen LogP contribution in [0.1, 0.15) is 27.2 Å². The fraction of sp³-hybridized carbons (Fsp3) is 0.118. The Morgan fingerprint density at radius 3 is 2.52 bits per heavy atom. The number of aryl methyl sites for hydroxylation is 2. The Kier molecular flexibility index (Phi) is 3.52. The largest absolute Gasteiger partial charge is 0.452 e. The Balaban J connectivity index is 2.15. The fourth-order valence-electron chi connectivity index (χ4n) is 2.35. The number of hydrogen-bond acceptors (Lipinski definition) is 2. The molecular formula is C17H12Cl2O2. The predicted molar refractivity (Wildman–Crippen MR) is 85.6 cm³/mol. The SMILES string of the molecule is Cc1ccc2oc(C(=O)c3ccc(Cl)cc3Cl)c(C)c2c1. The van der Waals surface area contributed by atoms with Gasteiger partial charge in [0, 0.05) is 21.5 Å². The van der Waals surface area contributed by atoms with E-state index >= 15 is 0 Å². The number of halogens is 2. The molecule has 0 aliphatic heterocycles. The zero-order valence-electron chi connectivity index (χ0n) is 11.5. The van der Waals surface area contributed by atoms with Crippen molar-refractivity contribution in [1.82, 2.24) is 0 Å². The number of hydrogen-bond donors (Lipinski definition) is 0. The van der Waals surface area contributed by atoms with Gasteiger partial charge in [-0.3, -0.25) is 4.79 Å². The van der Waals surface area contributed by atoms with Gasteiger partial charge in [-0.2, -0.15) is 0 Å². The average molecular weight is 319 g/mol. The maximum absolute atomic E-state index is 12.6. The lowest BCUT2D eigenvalue weighted by Crippen LogP contribution is -2.02. The van der Waals surface area contributed by atoms with Crippen molar-refractivity contribution in [3.63, 3.8) is 0 Å². The van der Waals surface area contributed by atoms with Crippen LogP contribution in [-0.2, 0) is 0 Å². The van der Waals surface area contributed by atoms with Crippen molar-refractivity contribution in [1.29, 1.82) is 0 Å². The monoisotopic (exact) mass is 318 g/mol. The van der Waals surface area contributed by atoms with Gasteiger partial charge in [-0.25, -0.2) is 0 Å². The first kappa shape index (κ1) is 14.2. The van der Waals surface area contributed by atoms with E-state index in [0.717, 1.165) is 16.5 Å². The molecule has 0 saturated heterocycles. The van der Waals surface area contributed by atoms with E-state index in [9.17, 15) is 4.79 Å². The van der Waals surface area contributed by atoms with E-state index in [1.165, 1.54) is 0 Å². The number of ketones is 1. The van der Waals surface area contributed by atoms with Crippen molar-refractivity contribution in [3.05, 3.63) is 68.9 Å². The van der Waals surface area contributed by atoms with Crippen molar-refractivity contribution < 1.29 is 9.21 Å². The molecule has 0 saturated carbocycles. The summed E-state index contributed by atoms with van der Waals surface area (Å²) in [6.07, 6.45) is 0. The molecule has 0 N–H and O–H groups in total. The normalized spacial score (nSPS) is 11.0. The highest BCUT2D eigenvalue weighted by molar-refractivity contribution is 6.37. The lowest BCUT2D eigenvalue weighted by molar-refractivity contribution is 0.101. The average Bonchev–Trinajstić information content (AvgIpc) is 2.75. The van der Waals surface area contributed by atoms with Gasteiger partial charge in [0.15, 0.2) is 5.76 Å². The van der Waals surface area contributed by atoms with Gasteiger partial charge >= 0.3 is 0 Å². The number of furan rings is 1. The Morgan fingerprint density at radius 1 is 1.05 bits per heavy atom. The first-order chi connectivity index (χ1) is 9.97. The molecule has 0 radical (unpaired) electrons. The van der Waals surface area contributed by atoms with Crippen LogP contribution in [-0.4, -0.2) is 5.78 Å². The van der Waals surface area contributed by atoms with Gasteiger partial charge in [0.1, 0.15) is 5.58 Å². The Labute approximate surface area is 132 Å². The van der Waals surface area contributed by atoms with Crippen molar-refractivity contribution in [3.8, 4) is 0 Å². The molecule has 2 nitrogen and oxygen atoms in total. The summed E-state index contributed by atoms with van der Waals surface area (Å²) in [5, 5.41) is 1.76. The minimum absolute atomic E-state index is 0.233. The molecule has 1 aromatic heterocycles. The van der Waals surface area contributed by atoms with E-state index in [0.29, 0.717) is 27.0 Å². The third-order valence-electron chi connectivity index (χ3n) is 3.47. The second kappa shape index (κ2) is 5.21. The summed E-state index contributed by atoms with van der Waals surface area (Å²) in [6.45, 7) is 3.88. The quantitative estimate of drug-likeness (QED) is 0.577. The van der Waals surface area contributed by atoms with Gasteiger partial charge in [-0.1, -0.05) is 34.8 Å². The lowest BCUT2D eigenvalue weighted by Gasteiger charge is -2.02. The highest BCUT2D eigenvalue weighted by atomic mass is 35.5. The molecule has 0 amide bonds. The summed E-state index contributed by atoms with van der Waals surface area (Å²) in [5.41, 5.74) is 3.03. The van der Waals surface area contributed by atoms with Crippen molar-refractivity contribution in [2.24, 2.45) is 0 Å². The standard InChI is InChI=1S/C17H12Cl2O2/c1-9-3-6-15-13(7-9)10(2)17(21-15)16(20)12-5-4-11(18)8-14(12)19/h3-8H,1-2H3. The van der Waals surface area contributed by atoms with Gasteiger partial charge in [-0.15, -0.1) is 0 Å². The Morgan fingerprint density at radius 2 is 1.81 bits per heavy atom. The summed E-state index contributed by atoms with van der Waals surface area (Å²) in [4.78, 5) is 12.6. The molecule has 106 valence electrons. The van der Waals surface area contributed by atoms with E-state index in [2.05, 4.69) is 0 Å². The summed E-state index contributed by atoms with van der Waals surface area (Å²) >= 11 is 12.0. The molecule has 0 unspecified atom stereocenters. The third kappa shape index (κ3) is 2.45. The van der Waals surface area contributed by atoms with Gasteiger partial charge in [0.05, 0.1) is 5.02 Å². The molecule has 0 bridgehead atoms. The highest BCUT2D eigenvalue weighted by Gasteiger charge is 2.21. The van der Waals surface area contributed by atoms with E-state index in [-0.39, 0.29) is 5.78 Å². The minimum Gasteiger partial charge on any atom is -0.452 e. The zero-order chi connectivity index (χ0) is 15.1. The number of carbonyl (C=O) groups excluding carboxylic acids is 1. The summed E-state index contributed by atoms with van der Waals surface area (Å²) in [7, 11) is 0. The van der Waals surface area contributed by atoms with Gasteiger partial charge < -0.3 is 4.42 Å². The molecule has 21 heavy (non-hydrogen) atoms. The smallest absolute Gasteiger partial charge is 0.229 e. The number of rotatable bonds is 2. The van der Waals surface area contributed by atoms with Crippen LogP contribution in [0.2, 0.25) is 10.0 Å². The Bertz CT molecular complexity index is 863. The molecule has 0 aliphatic rings. The second-order valence-electron chi connectivity index (χ2n) is 5.01. The van der Waals surface area contributed by atoms with Crippen LogP contribution in [0.5, 0.6) is 0 Å². The van der Waals surface area contributed by atoms with Crippen LogP contribution in [0.4, 0.5) is 0 Å². The summed E-state index contributed by atoms with van der Waals surface area (Å²) < 4.78 is 5.71. The minimum atomic E-state index is -0.233. The fourth-order valence-corrected chi connectivity index (χ4v) is 2.84. The predicted octanol–water partition coefficient (Wildman–Crippen LogP) is 5.59. The molecule has 0 atom stereocenters. The third-order valence-corrected chi connectivity index (χ3v) is 4.02. The van der Waals surface area contributed by atoms with Crippen LogP contribution >= 0.6 is 23.2 Å². The number of benzene rings is 2. The molecule has 1 heterocycles. The zero-order valence-corrected chi connectivity index (χ0v) is 13.0. The molecule has 0 aliphatic carbocycles. The van der Waals surface area contributed by atoms with E-state index in [4.69, 9.17) is 27.6 Å². The molecule has 2 aromatic carbocycles. The number of fused-ring (bicyclic) bond motifs is 1. The molecule has 0 spiro atoms. The van der Waals surface area contributed by atoms with Crippen LogP contribution in [0.3, 0.4) is 0 Å². The van der Waals surface area contributed by atoms with Crippen LogP contribution in [0, 0.1) is 13.8 Å². The van der Waals surface area contributed by atoms with Gasteiger partial charge in [0.2, 0.25) is 5.78 Å². The highest BCUT2D eigenvalue weighted by Crippen LogP contribution is 2.30. The van der Waals surface area contributed by atoms with E-state index in [1.54, 1.807) is 18.2 Å². The van der Waals surface area contributed by atoms with Crippen LogP contribution in [0.25, 0.3) is 11.0 Å². The van der Waals surface area contributed by atoms with Gasteiger partial charge in [0.25, 0.3) is 0 Å². The maximum Gasteiger partial charge on any atom is 0.229 e. The topological polar surface area (TPSA) is 30.2 Å². The molecule has 4 heteroatoms. The van der Waals surface area contributed by atoms with Crippen LogP contribution < -0.4 is 0 Å². The summed E-state index contributed by atoms with van der Waals surface area (Å²) in [5.74, 6) is 0.0860. The first-order valence-electron chi connectivity index (χ1n) is 6.47. The van der Waals surface area contributed by atoms with Crippen molar-refractivity contribution in [2.45, 2.75) is 13.8 Å². The van der Waals surface area contributed by atoms with Crippen LogP contribution in [0.15, 0.2) is 40.8 Å². The molecule has 3 rings (SSSR count). The lowest BCUT2D eigenvalue weighted by atomic mass is 10.0. The second-order valence-corrected chi connectivity index (χ2v) is 5.85. The van der Waals surface area contributed by atoms with Gasteiger partial charge in [-0.05, 0) is 44.2 Å². The van der Waals surface area contributed by atoms with Crippen molar-refractivity contribution >= 4 is 40.0 Å². The molecule has 3 aromatic rings.